The Kier molecular flexibility index (Phi) is 8.69. The highest BCUT2D eigenvalue weighted by molar-refractivity contribution is 9.12. The minimum Gasteiger partial charge on any atom is -0.465 e. The Morgan fingerprint density at radius 1 is 0.960 bits per heavy atom. The summed E-state index contributed by atoms with van der Waals surface area (Å²) in [6, 6.07) is 0. The Morgan fingerprint density at radius 3 is 1.88 bits per heavy atom. The van der Waals surface area contributed by atoms with Gasteiger partial charge in [0.1, 0.15) is 15.7 Å². The third kappa shape index (κ3) is 6.55. The van der Waals surface area contributed by atoms with E-state index in [1.165, 1.54) is 0 Å². The molecular formula is C18H33B2Br3O2. The number of carbonyl (C=O) groups excluding carboxylic acids is 1. The molecule has 0 radical (unpaired) electrons. The number of alkyl halides is 3. The fourth-order valence-corrected chi connectivity index (χ4v) is 6.70. The number of halogens is 3. The highest BCUT2D eigenvalue weighted by Crippen LogP contribution is 2.49. The Balaban J connectivity index is 2.81. The maximum Gasteiger partial charge on any atom is 0.309 e. The molecule has 0 saturated heterocycles. The summed E-state index contributed by atoms with van der Waals surface area (Å²) in [5.41, 5.74) is 0.000914. The van der Waals surface area contributed by atoms with Crippen molar-refractivity contribution in [1.82, 2.24) is 0 Å². The van der Waals surface area contributed by atoms with Crippen LogP contribution in [0.2, 0.25) is 11.6 Å². The minimum absolute atomic E-state index is 0.0563. The average molecular weight is 543 g/mol. The van der Waals surface area contributed by atoms with Crippen molar-refractivity contribution in [1.29, 1.82) is 0 Å². The normalized spacial score (nSPS) is 35.2. The van der Waals surface area contributed by atoms with Gasteiger partial charge in [0.2, 0.25) is 0 Å². The first-order valence-electron chi connectivity index (χ1n) is 9.25. The molecule has 0 bridgehead atoms. The summed E-state index contributed by atoms with van der Waals surface area (Å²) in [4.78, 5) is 13.9. The van der Waals surface area contributed by atoms with Crippen LogP contribution in [0, 0.1) is 22.7 Å². The van der Waals surface area contributed by atoms with Crippen molar-refractivity contribution >= 4 is 69.5 Å². The smallest absolute Gasteiger partial charge is 0.309 e. The van der Waals surface area contributed by atoms with E-state index >= 15 is 0 Å². The number of hydrogen-bond donors (Lipinski definition) is 0. The van der Waals surface area contributed by atoms with Gasteiger partial charge in [0, 0.05) is 20.4 Å². The number of ether oxygens (including phenoxy) is 1. The van der Waals surface area contributed by atoms with E-state index in [4.69, 9.17) is 4.74 Å². The SMILES string of the molecule is BC1C(B)C(Br)C(COC(=O)C(CC(C)(C)C)C(C)(C)C)C(Br)C1Br. The quantitative estimate of drug-likeness (QED) is 0.299. The van der Waals surface area contributed by atoms with Crippen LogP contribution in [-0.2, 0) is 9.53 Å². The molecule has 0 amide bonds. The molecule has 0 heterocycles. The van der Waals surface area contributed by atoms with Crippen molar-refractivity contribution in [3.8, 4) is 0 Å². The van der Waals surface area contributed by atoms with Gasteiger partial charge in [-0.05, 0) is 17.3 Å². The zero-order chi connectivity index (χ0) is 19.7. The van der Waals surface area contributed by atoms with E-state index in [1.807, 2.05) is 0 Å². The molecule has 0 aromatic carbocycles. The molecule has 0 aromatic heterocycles. The molecule has 1 rings (SSSR count). The molecule has 0 aromatic rings. The second-order valence-corrected chi connectivity index (χ2v) is 13.2. The molecule has 7 heteroatoms. The summed E-state index contributed by atoms with van der Waals surface area (Å²) >= 11 is 11.5. The van der Waals surface area contributed by atoms with Crippen molar-refractivity contribution in [2.75, 3.05) is 6.61 Å². The van der Waals surface area contributed by atoms with Gasteiger partial charge in [0.15, 0.2) is 0 Å². The zero-order valence-corrected chi connectivity index (χ0v) is 21.7. The first-order valence-corrected chi connectivity index (χ1v) is 12.0. The summed E-state index contributed by atoms with van der Waals surface area (Å²) in [6.07, 6.45) is 0.837. The van der Waals surface area contributed by atoms with E-state index in [-0.39, 0.29) is 33.5 Å². The van der Waals surface area contributed by atoms with E-state index in [2.05, 4.69) is 105 Å². The molecule has 0 spiro atoms. The molecule has 144 valence electrons. The zero-order valence-electron chi connectivity index (χ0n) is 16.9. The highest BCUT2D eigenvalue weighted by atomic mass is 79.9. The van der Waals surface area contributed by atoms with Crippen LogP contribution in [0.5, 0.6) is 0 Å². The van der Waals surface area contributed by atoms with Crippen molar-refractivity contribution in [3.05, 3.63) is 0 Å². The lowest BCUT2D eigenvalue weighted by Crippen LogP contribution is -2.46. The van der Waals surface area contributed by atoms with Gasteiger partial charge in [0.25, 0.3) is 0 Å². The first-order chi connectivity index (χ1) is 11.2. The van der Waals surface area contributed by atoms with Crippen LogP contribution in [0.15, 0.2) is 0 Å². The van der Waals surface area contributed by atoms with E-state index in [1.54, 1.807) is 0 Å². The fourth-order valence-electron chi connectivity index (χ4n) is 3.49. The average Bonchev–Trinajstić information content (AvgIpc) is 2.46. The molecular weight excluding hydrogens is 510 g/mol. The van der Waals surface area contributed by atoms with Crippen LogP contribution in [0.4, 0.5) is 0 Å². The molecule has 7 unspecified atom stereocenters. The van der Waals surface area contributed by atoms with Crippen molar-refractivity contribution in [2.45, 2.75) is 74.1 Å². The number of carbonyl (C=O) groups is 1. The standard InChI is InChI=1S/C18H33B2Br3O2/c1-17(2,3)7-10(18(4,5)6)16(24)25-8-9-13(21)11(19)12(20)15(23)14(9)22/h9-15H,7-8,19-20H2,1-6H3. The van der Waals surface area contributed by atoms with Crippen LogP contribution in [0.1, 0.15) is 48.0 Å². The van der Waals surface area contributed by atoms with E-state index < -0.39 is 0 Å². The lowest BCUT2D eigenvalue weighted by Gasteiger charge is -2.44. The molecule has 1 saturated carbocycles. The van der Waals surface area contributed by atoms with Crippen molar-refractivity contribution in [3.63, 3.8) is 0 Å². The third-order valence-electron chi connectivity index (χ3n) is 5.52. The predicted octanol–water partition coefficient (Wildman–Crippen LogP) is 4.39. The Labute approximate surface area is 181 Å². The summed E-state index contributed by atoms with van der Waals surface area (Å²) < 4.78 is 5.87. The number of hydrogen-bond acceptors (Lipinski definition) is 2. The summed E-state index contributed by atoms with van der Waals surface area (Å²) in [5, 5.41) is 0. The Hall–Kier alpha value is 1.04. The predicted molar refractivity (Wildman–Crippen MR) is 124 cm³/mol. The van der Waals surface area contributed by atoms with Crippen LogP contribution in [-0.4, -0.2) is 42.8 Å². The Morgan fingerprint density at radius 2 is 1.44 bits per heavy atom. The van der Waals surface area contributed by atoms with Gasteiger partial charge < -0.3 is 4.74 Å². The first kappa shape index (κ1) is 24.1. The molecule has 25 heavy (non-hydrogen) atoms. The molecule has 2 nitrogen and oxygen atoms in total. The maximum atomic E-state index is 12.9. The number of esters is 1. The molecule has 7 atom stereocenters. The van der Waals surface area contributed by atoms with E-state index in [0.717, 1.165) is 6.42 Å². The Bertz CT molecular complexity index is 446. The molecule has 0 aliphatic heterocycles. The topological polar surface area (TPSA) is 26.3 Å². The molecule has 0 N–H and O–H groups in total. The largest absolute Gasteiger partial charge is 0.465 e. The van der Waals surface area contributed by atoms with Crippen molar-refractivity contribution in [2.24, 2.45) is 22.7 Å². The maximum absolute atomic E-state index is 12.9. The van der Waals surface area contributed by atoms with E-state index in [0.29, 0.717) is 27.9 Å². The van der Waals surface area contributed by atoms with Gasteiger partial charge in [-0.1, -0.05) is 101 Å². The van der Waals surface area contributed by atoms with Crippen molar-refractivity contribution < 1.29 is 9.53 Å². The lowest BCUT2D eigenvalue weighted by atomic mass is 9.57. The third-order valence-corrected chi connectivity index (χ3v) is 10.4. The second kappa shape index (κ2) is 9.03. The van der Waals surface area contributed by atoms with Gasteiger partial charge in [-0.15, -0.1) is 0 Å². The summed E-state index contributed by atoms with van der Waals surface area (Å²) in [5.74, 6) is 1.20. The van der Waals surface area contributed by atoms with Crippen LogP contribution in [0.25, 0.3) is 0 Å². The highest BCUT2D eigenvalue weighted by Gasteiger charge is 2.45. The summed E-state index contributed by atoms with van der Waals surface area (Å²) in [7, 11) is 4.54. The van der Waals surface area contributed by atoms with Gasteiger partial charge >= 0.3 is 5.97 Å². The van der Waals surface area contributed by atoms with Crippen LogP contribution in [0.3, 0.4) is 0 Å². The minimum atomic E-state index is -0.0989. The monoisotopic (exact) mass is 540 g/mol. The fraction of sp³-hybridized carbons (Fsp3) is 0.944. The second-order valence-electron chi connectivity index (χ2n) is 10.0. The van der Waals surface area contributed by atoms with Gasteiger partial charge in [-0.3, -0.25) is 4.79 Å². The van der Waals surface area contributed by atoms with Gasteiger partial charge in [-0.2, -0.15) is 0 Å². The number of rotatable bonds is 4. The molecule has 1 aliphatic carbocycles. The van der Waals surface area contributed by atoms with E-state index in [9.17, 15) is 4.79 Å². The van der Waals surface area contributed by atoms with Gasteiger partial charge in [0.05, 0.1) is 12.5 Å². The molecule has 1 aliphatic rings. The van der Waals surface area contributed by atoms with Crippen LogP contribution < -0.4 is 0 Å². The van der Waals surface area contributed by atoms with Crippen LogP contribution >= 0.6 is 47.8 Å². The van der Waals surface area contributed by atoms with Gasteiger partial charge in [-0.25, -0.2) is 0 Å². The summed E-state index contributed by atoms with van der Waals surface area (Å²) in [6.45, 7) is 13.4. The molecule has 1 fully saturated rings. The lowest BCUT2D eigenvalue weighted by molar-refractivity contribution is -0.155.